The van der Waals surface area contributed by atoms with Crippen LogP contribution in [0, 0.1) is 5.92 Å². The third-order valence-corrected chi connectivity index (χ3v) is 3.32. The molecule has 4 nitrogen and oxygen atoms in total. The van der Waals surface area contributed by atoms with E-state index >= 15 is 0 Å². The van der Waals surface area contributed by atoms with Gasteiger partial charge in [0.1, 0.15) is 12.2 Å². The Hall–Kier alpha value is -0.770. The van der Waals surface area contributed by atoms with E-state index in [4.69, 9.17) is 9.47 Å². The first-order valence-corrected chi connectivity index (χ1v) is 6.58. The van der Waals surface area contributed by atoms with Crippen molar-refractivity contribution in [2.45, 2.75) is 52.2 Å². The number of piperidine rings is 1. The van der Waals surface area contributed by atoms with E-state index in [1.807, 2.05) is 6.92 Å². The maximum absolute atomic E-state index is 11.6. The molecule has 17 heavy (non-hydrogen) atoms. The minimum atomic E-state index is -0.500. The molecule has 1 aliphatic rings. The fourth-order valence-corrected chi connectivity index (χ4v) is 2.08. The van der Waals surface area contributed by atoms with Crippen LogP contribution in [0.15, 0.2) is 0 Å². The monoisotopic (exact) mass is 243 g/mol. The van der Waals surface area contributed by atoms with Gasteiger partial charge in [-0.3, -0.25) is 0 Å². The molecule has 0 saturated carbocycles. The molecule has 4 heteroatoms. The highest BCUT2D eigenvalue weighted by Gasteiger charge is 2.23. The van der Waals surface area contributed by atoms with Gasteiger partial charge in [0.2, 0.25) is 0 Å². The first kappa shape index (κ1) is 14.3. The van der Waals surface area contributed by atoms with Gasteiger partial charge in [-0.25, -0.2) is 4.79 Å². The minimum Gasteiger partial charge on any atom is -0.431 e. The summed E-state index contributed by atoms with van der Waals surface area (Å²) in [6.45, 7) is 8.10. The van der Waals surface area contributed by atoms with Crippen LogP contribution in [0.25, 0.3) is 0 Å². The molecule has 0 aliphatic carbocycles. The van der Waals surface area contributed by atoms with Crippen LogP contribution < -0.4 is 0 Å². The van der Waals surface area contributed by atoms with Crippen molar-refractivity contribution in [1.29, 1.82) is 0 Å². The fourth-order valence-electron chi connectivity index (χ4n) is 2.08. The SMILES string of the molecule is CCC(OC(=O)OC1CCN(C)CC1)C(C)C. The summed E-state index contributed by atoms with van der Waals surface area (Å²) in [5.74, 6) is 0.338. The smallest absolute Gasteiger partial charge is 0.431 e. The first-order chi connectivity index (χ1) is 8.02. The highest BCUT2D eigenvalue weighted by Crippen LogP contribution is 2.16. The van der Waals surface area contributed by atoms with Gasteiger partial charge in [0.05, 0.1) is 0 Å². The number of ether oxygens (including phenoxy) is 2. The number of carbonyl (C=O) groups excluding carboxylic acids is 1. The number of nitrogens with zero attached hydrogens (tertiary/aromatic N) is 1. The van der Waals surface area contributed by atoms with E-state index in [1.54, 1.807) is 0 Å². The third kappa shape index (κ3) is 4.94. The molecular formula is C13H25NO3. The third-order valence-electron chi connectivity index (χ3n) is 3.32. The molecule has 1 unspecified atom stereocenters. The van der Waals surface area contributed by atoms with E-state index in [0.717, 1.165) is 32.4 Å². The maximum atomic E-state index is 11.6. The van der Waals surface area contributed by atoms with E-state index in [-0.39, 0.29) is 12.2 Å². The van der Waals surface area contributed by atoms with E-state index in [0.29, 0.717) is 5.92 Å². The second-order valence-corrected chi connectivity index (χ2v) is 5.18. The van der Waals surface area contributed by atoms with Crippen LogP contribution in [-0.4, -0.2) is 43.4 Å². The zero-order valence-electron chi connectivity index (χ0n) is 11.4. The van der Waals surface area contributed by atoms with Crippen molar-refractivity contribution in [2.24, 2.45) is 5.92 Å². The Morgan fingerprint density at radius 2 is 1.94 bits per heavy atom. The second kappa shape index (κ2) is 6.84. The Morgan fingerprint density at radius 1 is 1.35 bits per heavy atom. The van der Waals surface area contributed by atoms with E-state index in [1.165, 1.54) is 0 Å². The molecule has 0 N–H and O–H groups in total. The van der Waals surface area contributed by atoms with Gasteiger partial charge in [-0.05, 0) is 32.2 Å². The van der Waals surface area contributed by atoms with Crippen molar-refractivity contribution in [3.8, 4) is 0 Å². The van der Waals surface area contributed by atoms with Gasteiger partial charge in [0, 0.05) is 13.1 Å². The quantitative estimate of drug-likeness (QED) is 0.712. The molecule has 0 spiro atoms. The molecule has 0 radical (unpaired) electrons. The van der Waals surface area contributed by atoms with Crippen molar-refractivity contribution >= 4 is 6.16 Å². The summed E-state index contributed by atoms with van der Waals surface area (Å²) in [5, 5.41) is 0. The van der Waals surface area contributed by atoms with Crippen molar-refractivity contribution in [3.05, 3.63) is 0 Å². The molecule has 1 fully saturated rings. The molecular weight excluding hydrogens is 218 g/mol. The summed E-state index contributed by atoms with van der Waals surface area (Å²) in [6, 6.07) is 0. The van der Waals surface area contributed by atoms with Crippen LogP contribution >= 0.6 is 0 Å². The second-order valence-electron chi connectivity index (χ2n) is 5.18. The summed E-state index contributed by atoms with van der Waals surface area (Å²) < 4.78 is 10.7. The molecule has 0 aromatic carbocycles. The van der Waals surface area contributed by atoms with Gasteiger partial charge in [0.25, 0.3) is 0 Å². The van der Waals surface area contributed by atoms with Crippen molar-refractivity contribution < 1.29 is 14.3 Å². The van der Waals surface area contributed by atoms with Gasteiger partial charge in [-0.15, -0.1) is 0 Å². The van der Waals surface area contributed by atoms with Crippen LogP contribution in [0.4, 0.5) is 4.79 Å². The van der Waals surface area contributed by atoms with Crippen LogP contribution in [0.5, 0.6) is 0 Å². The number of hydrogen-bond donors (Lipinski definition) is 0. The Balaban J connectivity index is 2.29. The predicted molar refractivity (Wildman–Crippen MR) is 67.0 cm³/mol. The van der Waals surface area contributed by atoms with Crippen molar-refractivity contribution in [2.75, 3.05) is 20.1 Å². The van der Waals surface area contributed by atoms with Gasteiger partial charge in [-0.2, -0.15) is 0 Å². The van der Waals surface area contributed by atoms with Crippen LogP contribution in [0.1, 0.15) is 40.0 Å². The van der Waals surface area contributed by atoms with Gasteiger partial charge in [-0.1, -0.05) is 20.8 Å². The highest BCUT2D eigenvalue weighted by atomic mass is 16.7. The molecule has 1 aliphatic heterocycles. The van der Waals surface area contributed by atoms with Crippen LogP contribution in [0.2, 0.25) is 0 Å². The molecule has 0 aromatic rings. The van der Waals surface area contributed by atoms with Gasteiger partial charge < -0.3 is 14.4 Å². The molecule has 1 atom stereocenters. The Bertz CT molecular complexity index is 235. The Kier molecular flexibility index (Phi) is 5.75. The molecule has 1 saturated heterocycles. The normalized spacial score (nSPS) is 20.3. The lowest BCUT2D eigenvalue weighted by atomic mass is 10.1. The Morgan fingerprint density at radius 3 is 2.41 bits per heavy atom. The average Bonchev–Trinajstić information content (AvgIpc) is 2.28. The molecule has 0 aromatic heterocycles. The summed E-state index contributed by atoms with van der Waals surface area (Å²) >= 11 is 0. The predicted octanol–water partition coefficient (Wildman–Crippen LogP) is 2.67. The topological polar surface area (TPSA) is 38.8 Å². The van der Waals surface area contributed by atoms with E-state index < -0.39 is 6.16 Å². The average molecular weight is 243 g/mol. The fraction of sp³-hybridized carbons (Fsp3) is 0.923. The molecule has 0 amide bonds. The maximum Gasteiger partial charge on any atom is 0.508 e. The number of carbonyl (C=O) groups is 1. The number of likely N-dealkylation sites (tertiary alicyclic amines) is 1. The highest BCUT2D eigenvalue weighted by molar-refractivity contribution is 5.60. The molecule has 0 bridgehead atoms. The standard InChI is InChI=1S/C13H25NO3/c1-5-12(10(2)3)17-13(15)16-11-6-8-14(4)9-7-11/h10-12H,5-9H2,1-4H3. The lowest BCUT2D eigenvalue weighted by Gasteiger charge is -2.29. The summed E-state index contributed by atoms with van der Waals surface area (Å²) in [6.07, 6.45) is 2.14. The van der Waals surface area contributed by atoms with E-state index in [9.17, 15) is 4.79 Å². The zero-order valence-corrected chi connectivity index (χ0v) is 11.4. The lowest BCUT2D eigenvalue weighted by Crippen LogP contribution is -2.36. The summed E-state index contributed by atoms with van der Waals surface area (Å²) in [4.78, 5) is 13.9. The number of hydrogen-bond acceptors (Lipinski definition) is 4. The molecule has 1 rings (SSSR count). The van der Waals surface area contributed by atoms with Crippen LogP contribution in [-0.2, 0) is 9.47 Å². The van der Waals surface area contributed by atoms with Crippen molar-refractivity contribution in [3.63, 3.8) is 0 Å². The summed E-state index contributed by atoms with van der Waals surface area (Å²) in [7, 11) is 2.08. The minimum absolute atomic E-state index is 0.0309. The lowest BCUT2D eigenvalue weighted by molar-refractivity contribution is -0.0277. The largest absolute Gasteiger partial charge is 0.508 e. The summed E-state index contributed by atoms with van der Waals surface area (Å²) in [5.41, 5.74) is 0. The first-order valence-electron chi connectivity index (χ1n) is 6.58. The molecule has 1 heterocycles. The van der Waals surface area contributed by atoms with E-state index in [2.05, 4.69) is 25.8 Å². The van der Waals surface area contributed by atoms with Gasteiger partial charge >= 0.3 is 6.16 Å². The Labute approximate surface area is 104 Å². The van der Waals surface area contributed by atoms with Crippen LogP contribution in [0.3, 0.4) is 0 Å². The van der Waals surface area contributed by atoms with Crippen molar-refractivity contribution in [1.82, 2.24) is 4.90 Å². The number of rotatable bonds is 4. The zero-order chi connectivity index (χ0) is 12.8. The van der Waals surface area contributed by atoms with Gasteiger partial charge in [0.15, 0.2) is 0 Å². The molecule has 100 valence electrons.